The zero-order chi connectivity index (χ0) is 33.3. The molecule has 0 aliphatic rings. The van der Waals surface area contributed by atoms with Gasteiger partial charge >= 0.3 is 6.09 Å². The molecule has 3 N–H and O–H groups in total. The number of nitriles is 1. The van der Waals surface area contributed by atoms with Crippen LogP contribution >= 0.6 is 22.9 Å². The number of ether oxygens (including phenoxy) is 3. The van der Waals surface area contributed by atoms with Gasteiger partial charge in [0, 0.05) is 53.5 Å². The lowest BCUT2D eigenvalue weighted by atomic mass is 9.96. The van der Waals surface area contributed by atoms with Crippen molar-refractivity contribution in [3.05, 3.63) is 81.3 Å². The topological polar surface area (TPSA) is 165 Å². The summed E-state index contributed by atoms with van der Waals surface area (Å²) in [5.41, 5.74) is 1.52. The van der Waals surface area contributed by atoms with Crippen LogP contribution in [-0.4, -0.2) is 60.5 Å². The molecule has 0 aliphatic carbocycles. The predicted molar refractivity (Wildman–Crippen MR) is 174 cm³/mol. The molecule has 4 rings (SSSR count). The van der Waals surface area contributed by atoms with Crippen molar-refractivity contribution < 1.29 is 28.6 Å². The van der Waals surface area contributed by atoms with Crippen LogP contribution in [0.4, 0.5) is 10.6 Å². The van der Waals surface area contributed by atoms with Gasteiger partial charge in [-0.1, -0.05) is 23.7 Å². The largest absolute Gasteiger partial charge is 0.467 e. The molecule has 2 heterocycles. The van der Waals surface area contributed by atoms with Crippen LogP contribution in [0.25, 0.3) is 22.4 Å². The molecule has 0 spiro atoms. The van der Waals surface area contributed by atoms with Crippen LogP contribution in [-0.2, 0) is 9.47 Å². The van der Waals surface area contributed by atoms with Crippen LogP contribution in [0.15, 0.2) is 60.1 Å². The molecule has 0 bridgehead atoms. The lowest BCUT2D eigenvalue weighted by Crippen LogP contribution is -2.37. The molecule has 0 aliphatic heterocycles. The number of halogens is 1. The fraction of sp³-hybridized carbons (Fsp3) is 0.250. The van der Waals surface area contributed by atoms with E-state index in [1.54, 1.807) is 74.7 Å². The number of alkyl carbamates (subject to hydrolysis) is 1. The summed E-state index contributed by atoms with van der Waals surface area (Å²) in [4.78, 5) is 46.6. The Labute approximate surface area is 274 Å². The monoisotopic (exact) mass is 662 g/mol. The van der Waals surface area contributed by atoms with E-state index in [0.29, 0.717) is 38.7 Å². The molecule has 0 saturated heterocycles. The quantitative estimate of drug-likeness (QED) is 0.131. The normalized spacial score (nSPS) is 10.9. The minimum absolute atomic E-state index is 0.00841. The van der Waals surface area contributed by atoms with Crippen LogP contribution in [0.1, 0.15) is 46.5 Å². The summed E-state index contributed by atoms with van der Waals surface area (Å²) in [5, 5.41) is 20.6. The Kier molecular flexibility index (Phi) is 11.3. The first-order valence-electron chi connectivity index (χ1n) is 13.9. The van der Waals surface area contributed by atoms with E-state index in [1.165, 1.54) is 13.3 Å². The number of hydrogen-bond acceptors (Lipinski definition) is 10. The number of benzene rings is 2. The molecule has 0 radical (unpaired) electrons. The Hall–Kier alpha value is -5.03. The standard InChI is InChI=1S/C32H31ClN6O6S/c1-32(2,3)45-31(42)37-11-10-35-28(40)20-7-5-6-19(14-20)23-16-25(22-9-8-21(33)15-26(22)44-18-43-4)38-27(24(23)17-34)39-29(41)30-36-12-13-46-30/h5-9,12-16H,10-11,18H2,1-4H3,(H,35,40)(H,37,42)(H,38,39,41). The number of anilines is 1. The second-order valence-electron chi connectivity index (χ2n) is 10.6. The number of hydrogen-bond donors (Lipinski definition) is 3. The summed E-state index contributed by atoms with van der Waals surface area (Å²) >= 11 is 7.37. The number of carbonyl (C=O) groups excluding carboxylic acids is 3. The van der Waals surface area contributed by atoms with Crippen LogP contribution in [0.3, 0.4) is 0 Å². The number of pyridine rings is 1. The average molecular weight is 663 g/mol. The van der Waals surface area contributed by atoms with Crippen molar-refractivity contribution in [3.8, 4) is 34.2 Å². The average Bonchev–Trinajstić information content (AvgIpc) is 3.56. The van der Waals surface area contributed by atoms with Gasteiger partial charge in [-0.2, -0.15) is 5.26 Å². The minimum Gasteiger partial charge on any atom is -0.467 e. The zero-order valence-electron chi connectivity index (χ0n) is 25.5. The van der Waals surface area contributed by atoms with Crippen molar-refractivity contribution in [1.82, 2.24) is 20.6 Å². The van der Waals surface area contributed by atoms with Gasteiger partial charge in [0.25, 0.3) is 11.8 Å². The van der Waals surface area contributed by atoms with Gasteiger partial charge in [-0.25, -0.2) is 14.8 Å². The van der Waals surface area contributed by atoms with Crippen molar-refractivity contribution in [2.45, 2.75) is 26.4 Å². The maximum absolute atomic E-state index is 13.0. The van der Waals surface area contributed by atoms with E-state index in [-0.39, 0.29) is 36.3 Å². The third-order valence-electron chi connectivity index (χ3n) is 6.06. The molecule has 4 aromatic rings. The number of thiazole rings is 1. The highest BCUT2D eigenvalue weighted by atomic mass is 35.5. The van der Waals surface area contributed by atoms with Crippen LogP contribution in [0, 0.1) is 11.3 Å². The van der Waals surface area contributed by atoms with Gasteiger partial charge in [-0.3, -0.25) is 9.59 Å². The minimum atomic E-state index is -0.640. The van der Waals surface area contributed by atoms with Gasteiger partial charge in [0.2, 0.25) is 0 Å². The first-order chi connectivity index (χ1) is 22.0. The molecule has 238 valence electrons. The number of rotatable bonds is 11. The van der Waals surface area contributed by atoms with E-state index in [4.69, 9.17) is 25.8 Å². The van der Waals surface area contributed by atoms with Gasteiger partial charge in [-0.15, -0.1) is 11.3 Å². The lowest BCUT2D eigenvalue weighted by Gasteiger charge is -2.19. The number of carbonyl (C=O) groups is 3. The second-order valence-corrected chi connectivity index (χ2v) is 12.0. The number of nitrogens with one attached hydrogen (secondary N) is 3. The van der Waals surface area contributed by atoms with E-state index in [9.17, 15) is 19.6 Å². The zero-order valence-corrected chi connectivity index (χ0v) is 27.0. The van der Waals surface area contributed by atoms with E-state index in [2.05, 4.69) is 32.0 Å². The van der Waals surface area contributed by atoms with Gasteiger partial charge in [0.05, 0.1) is 5.69 Å². The molecular formula is C32H31ClN6O6S. The van der Waals surface area contributed by atoms with Crippen molar-refractivity contribution in [2.75, 3.05) is 32.3 Å². The summed E-state index contributed by atoms with van der Waals surface area (Å²) in [5.74, 6) is -0.582. The third kappa shape index (κ3) is 9.01. The van der Waals surface area contributed by atoms with Crippen molar-refractivity contribution in [3.63, 3.8) is 0 Å². The molecule has 0 fully saturated rings. The summed E-state index contributed by atoms with van der Waals surface area (Å²) in [6, 6.07) is 15.4. The Morgan fingerprint density at radius 1 is 1.02 bits per heavy atom. The smallest absolute Gasteiger partial charge is 0.407 e. The summed E-state index contributed by atoms with van der Waals surface area (Å²) in [6.45, 7) is 5.52. The van der Waals surface area contributed by atoms with Gasteiger partial charge in [0.1, 0.15) is 23.0 Å². The highest BCUT2D eigenvalue weighted by molar-refractivity contribution is 7.11. The summed E-state index contributed by atoms with van der Waals surface area (Å²) < 4.78 is 16.0. The SMILES string of the molecule is COCOc1cc(Cl)ccc1-c1cc(-c2cccc(C(=O)NCCNC(=O)OC(C)(C)C)c2)c(C#N)c(NC(=O)c2nccs2)n1. The van der Waals surface area contributed by atoms with Crippen molar-refractivity contribution in [1.29, 1.82) is 5.26 Å². The van der Waals surface area contributed by atoms with Crippen molar-refractivity contribution in [2.24, 2.45) is 0 Å². The van der Waals surface area contributed by atoms with Gasteiger partial charge in [0.15, 0.2) is 17.6 Å². The Morgan fingerprint density at radius 3 is 2.50 bits per heavy atom. The fourth-order valence-corrected chi connectivity index (χ4v) is 4.84. The number of methoxy groups -OCH3 is 1. The maximum Gasteiger partial charge on any atom is 0.407 e. The molecule has 0 saturated carbocycles. The Bertz CT molecular complexity index is 1770. The third-order valence-corrected chi connectivity index (χ3v) is 7.06. The highest BCUT2D eigenvalue weighted by Crippen LogP contribution is 2.37. The highest BCUT2D eigenvalue weighted by Gasteiger charge is 2.21. The maximum atomic E-state index is 13.0. The van der Waals surface area contributed by atoms with Gasteiger partial charge in [-0.05, 0) is 62.7 Å². The Balaban J connectivity index is 1.69. The van der Waals surface area contributed by atoms with E-state index in [1.807, 2.05) is 0 Å². The molecule has 2 aromatic carbocycles. The molecule has 0 atom stereocenters. The van der Waals surface area contributed by atoms with Crippen LogP contribution in [0.2, 0.25) is 5.02 Å². The van der Waals surface area contributed by atoms with E-state index in [0.717, 1.165) is 11.3 Å². The van der Waals surface area contributed by atoms with E-state index < -0.39 is 23.5 Å². The molecule has 14 heteroatoms. The molecular weight excluding hydrogens is 632 g/mol. The first-order valence-corrected chi connectivity index (χ1v) is 15.2. The van der Waals surface area contributed by atoms with Crippen LogP contribution < -0.4 is 20.7 Å². The summed E-state index contributed by atoms with van der Waals surface area (Å²) in [6.07, 6.45) is 0.910. The molecule has 46 heavy (non-hydrogen) atoms. The van der Waals surface area contributed by atoms with E-state index >= 15 is 0 Å². The molecule has 0 unspecified atom stereocenters. The van der Waals surface area contributed by atoms with Crippen molar-refractivity contribution >= 4 is 46.7 Å². The molecule has 2 aromatic heterocycles. The number of amides is 3. The number of aromatic nitrogens is 2. The first kappa shape index (κ1) is 33.9. The van der Waals surface area contributed by atoms with Gasteiger partial charge < -0.3 is 30.2 Å². The fourth-order valence-electron chi connectivity index (χ4n) is 4.15. The number of nitrogens with zero attached hydrogens (tertiary/aromatic N) is 3. The van der Waals surface area contributed by atoms with Crippen LogP contribution in [0.5, 0.6) is 5.75 Å². The predicted octanol–water partition coefficient (Wildman–Crippen LogP) is 5.89. The lowest BCUT2D eigenvalue weighted by molar-refractivity contribution is 0.0514. The Morgan fingerprint density at radius 2 is 1.80 bits per heavy atom. The summed E-state index contributed by atoms with van der Waals surface area (Å²) in [7, 11) is 1.48. The molecule has 12 nitrogen and oxygen atoms in total. The second kappa shape index (κ2) is 15.3. The molecule has 3 amide bonds.